The number of oxime groups is 1. The van der Waals surface area contributed by atoms with Crippen LogP contribution < -0.4 is 0 Å². The largest absolute Gasteiger partial charge is 0.411 e. The Bertz CT molecular complexity index is 386. The van der Waals surface area contributed by atoms with Gasteiger partial charge in [0.2, 0.25) is 0 Å². The standard InChI is InChI=1S/C9H7NOS/c11-10-6-8-5-7-3-1-2-4-9(7)12-8/h1-6,11H. The molecule has 1 aromatic carbocycles. The van der Waals surface area contributed by atoms with Gasteiger partial charge in [0.15, 0.2) is 0 Å². The molecule has 0 aliphatic rings. The summed E-state index contributed by atoms with van der Waals surface area (Å²) in [5, 5.41) is 12.5. The van der Waals surface area contributed by atoms with Crippen LogP contribution in [0, 0.1) is 0 Å². The number of hydrogen-bond donors (Lipinski definition) is 1. The molecule has 0 fully saturated rings. The van der Waals surface area contributed by atoms with E-state index in [0.29, 0.717) is 0 Å². The molecule has 0 spiro atoms. The fourth-order valence-electron chi connectivity index (χ4n) is 1.12. The Labute approximate surface area is 73.8 Å². The number of hydrogen-bond acceptors (Lipinski definition) is 3. The first-order valence-electron chi connectivity index (χ1n) is 3.56. The van der Waals surface area contributed by atoms with Crippen molar-refractivity contribution in [2.75, 3.05) is 0 Å². The van der Waals surface area contributed by atoms with Crippen molar-refractivity contribution in [1.29, 1.82) is 0 Å². The van der Waals surface area contributed by atoms with Crippen LogP contribution >= 0.6 is 11.3 Å². The lowest BCUT2D eigenvalue weighted by molar-refractivity contribution is 0.322. The molecule has 2 aromatic rings. The van der Waals surface area contributed by atoms with E-state index >= 15 is 0 Å². The van der Waals surface area contributed by atoms with Crippen LogP contribution in [0.15, 0.2) is 35.5 Å². The Kier molecular flexibility index (Phi) is 1.80. The van der Waals surface area contributed by atoms with Gasteiger partial charge in [-0.2, -0.15) is 0 Å². The molecule has 60 valence electrons. The van der Waals surface area contributed by atoms with E-state index in [1.165, 1.54) is 16.3 Å². The number of fused-ring (bicyclic) bond motifs is 1. The van der Waals surface area contributed by atoms with Crippen LogP contribution in [0.4, 0.5) is 0 Å². The highest BCUT2D eigenvalue weighted by atomic mass is 32.1. The average Bonchev–Trinajstić information content (AvgIpc) is 2.47. The van der Waals surface area contributed by atoms with E-state index < -0.39 is 0 Å². The molecule has 0 unspecified atom stereocenters. The minimum absolute atomic E-state index is 0.971. The zero-order valence-corrected chi connectivity index (χ0v) is 7.08. The third kappa shape index (κ3) is 1.19. The van der Waals surface area contributed by atoms with Gasteiger partial charge in [-0.3, -0.25) is 0 Å². The van der Waals surface area contributed by atoms with Crippen molar-refractivity contribution >= 4 is 27.6 Å². The topological polar surface area (TPSA) is 32.6 Å². The third-order valence-corrected chi connectivity index (χ3v) is 2.68. The maximum absolute atomic E-state index is 8.32. The molecular weight excluding hydrogens is 170 g/mol. The van der Waals surface area contributed by atoms with E-state index in [4.69, 9.17) is 5.21 Å². The summed E-state index contributed by atoms with van der Waals surface area (Å²) in [4.78, 5) is 0.971. The number of nitrogens with zero attached hydrogens (tertiary/aromatic N) is 1. The summed E-state index contributed by atoms with van der Waals surface area (Å²) in [7, 11) is 0. The highest BCUT2D eigenvalue weighted by Crippen LogP contribution is 2.23. The molecular formula is C9H7NOS. The van der Waals surface area contributed by atoms with Crippen molar-refractivity contribution in [2.24, 2.45) is 5.16 Å². The minimum Gasteiger partial charge on any atom is -0.411 e. The van der Waals surface area contributed by atoms with Crippen LogP contribution in [0.5, 0.6) is 0 Å². The molecule has 1 heterocycles. The Morgan fingerprint density at radius 2 is 2.17 bits per heavy atom. The molecule has 0 bridgehead atoms. The molecule has 0 amide bonds. The minimum atomic E-state index is 0.971. The average molecular weight is 177 g/mol. The molecule has 1 aromatic heterocycles. The summed E-state index contributed by atoms with van der Waals surface area (Å²) in [5.41, 5.74) is 0. The molecule has 12 heavy (non-hydrogen) atoms. The van der Waals surface area contributed by atoms with E-state index in [9.17, 15) is 0 Å². The van der Waals surface area contributed by atoms with Crippen molar-refractivity contribution < 1.29 is 5.21 Å². The Morgan fingerprint density at radius 3 is 2.92 bits per heavy atom. The number of thiophene rings is 1. The van der Waals surface area contributed by atoms with Gasteiger partial charge in [0.25, 0.3) is 0 Å². The molecule has 0 atom stereocenters. The van der Waals surface area contributed by atoms with Gasteiger partial charge < -0.3 is 5.21 Å². The van der Waals surface area contributed by atoms with Gasteiger partial charge in [-0.25, -0.2) is 0 Å². The highest BCUT2D eigenvalue weighted by molar-refractivity contribution is 7.20. The number of rotatable bonds is 1. The van der Waals surface area contributed by atoms with E-state index in [-0.39, 0.29) is 0 Å². The second kappa shape index (κ2) is 2.95. The second-order valence-corrected chi connectivity index (χ2v) is 3.55. The maximum Gasteiger partial charge on any atom is 0.0834 e. The Morgan fingerprint density at radius 1 is 1.33 bits per heavy atom. The third-order valence-electron chi connectivity index (χ3n) is 1.63. The fraction of sp³-hybridized carbons (Fsp3) is 0. The predicted octanol–water partition coefficient (Wildman–Crippen LogP) is 2.71. The lowest BCUT2D eigenvalue weighted by atomic mass is 10.2. The zero-order chi connectivity index (χ0) is 8.39. The van der Waals surface area contributed by atoms with Crippen LogP contribution in [-0.4, -0.2) is 11.4 Å². The van der Waals surface area contributed by atoms with Crippen LogP contribution in [-0.2, 0) is 0 Å². The molecule has 0 radical (unpaired) electrons. The molecule has 0 aliphatic carbocycles. The van der Waals surface area contributed by atoms with Gasteiger partial charge in [-0.05, 0) is 17.5 Å². The SMILES string of the molecule is ON=Cc1cc2ccccc2s1. The summed E-state index contributed by atoms with van der Waals surface area (Å²) in [6.45, 7) is 0. The van der Waals surface area contributed by atoms with Crippen molar-refractivity contribution in [1.82, 2.24) is 0 Å². The first-order valence-corrected chi connectivity index (χ1v) is 4.38. The van der Waals surface area contributed by atoms with Gasteiger partial charge in [-0.1, -0.05) is 23.4 Å². The van der Waals surface area contributed by atoms with Gasteiger partial charge in [0.1, 0.15) is 0 Å². The Balaban J connectivity index is 2.62. The fourth-order valence-corrected chi connectivity index (χ4v) is 2.05. The van der Waals surface area contributed by atoms with Crippen LogP contribution in [0.2, 0.25) is 0 Å². The van der Waals surface area contributed by atoms with E-state index in [2.05, 4.69) is 11.2 Å². The van der Waals surface area contributed by atoms with Gasteiger partial charge >= 0.3 is 0 Å². The van der Waals surface area contributed by atoms with Crippen molar-refractivity contribution in [3.05, 3.63) is 35.2 Å². The van der Waals surface area contributed by atoms with E-state index in [0.717, 1.165) is 4.88 Å². The molecule has 1 N–H and O–H groups in total. The van der Waals surface area contributed by atoms with Crippen LogP contribution in [0.1, 0.15) is 4.88 Å². The zero-order valence-electron chi connectivity index (χ0n) is 6.27. The quantitative estimate of drug-likeness (QED) is 0.405. The molecule has 2 rings (SSSR count). The normalized spacial score (nSPS) is 11.3. The first-order chi connectivity index (χ1) is 5.90. The van der Waals surface area contributed by atoms with Gasteiger partial charge in [0, 0.05) is 9.58 Å². The molecule has 0 saturated heterocycles. The summed E-state index contributed by atoms with van der Waals surface area (Å²) in [6, 6.07) is 10.1. The lowest BCUT2D eigenvalue weighted by Crippen LogP contribution is -1.68. The molecule has 3 heteroatoms. The molecule has 0 aliphatic heterocycles. The maximum atomic E-state index is 8.32. The molecule has 0 saturated carbocycles. The summed E-state index contributed by atoms with van der Waals surface area (Å²) in [6.07, 6.45) is 1.45. The summed E-state index contributed by atoms with van der Waals surface area (Å²) in [5.74, 6) is 0. The highest BCUT2D eigenvalue weighted by Gasteiger charge is 1.97. The van der Waals surface area contributed by atoms with Crippen molar-refractivity contribution in [3.63, 3.8) is 0 Å². The van der Waals surface area contributed by atoms with Crippen molar-refractivity contribution in [2.45, 2.75) is 0 Å². The monoisotopic (exact) mass is 177 g/mol. The van der Waals surface area contributed by atoms with Crippen LogP contribution in [0.3, 0.4) is 0 Å². The smallest absolute Gasteiger partial charge is 0.0834 e. The van der Waals surface area contributed by atoms with Crippen LogP contribution in [0.25, 0.3) is 10.1 Å². The van der Waals surface area contributed by atoms with Crippen molar-refractivity contribution in [3.8, 4) is 0 Å². The van der Waals surface area contributed by atoms with Gasteiger partial charge in [0.05, 0.1) is 6.21 Å². The summed E-state index contributed by atoms with van der Waals surface area (Å²) < 4.78 is 1.22. The van der Waals surface area contributed by atoms with E-state index in [1.54, 1.807) is 11.3 Å². The lowest BCUT2D eigenvalue weighted by Gasteiger charge is -1.82. The van der Waals surface area contributed by atoms with Gasteiger partial charge in [-0.15, -0.1) is 11.3 Å². The molecule has 2 nitrogen and oxygen atoms in total. The predicted molar refractivity (Wildman–Crippen MR) is 51.2 cm³/mol. The Hall–Kier alpha value is -1.35. The summed E-state index contributed by atoms with van der Waals surface area (Å²) >= 11 is 1.61. The first kappa shape index (κ1) is 7.31. The van der Waals surface area contributed by atoms with E-state index in [1.807, 2.05) is 24.3 Å². The second-order valence-electron chi connectivity index (χ2n) is 2.43. The number of benzene rings is 1.